The molecular weight excluding hydrogens is 250 g/mol. The largest absolute Gasteiger partial charge is 0.496 e. The van der Waals surface area contributed by atoms with Gasteiger partial charge in [-0.15, -0.1) is 0 Å². The van der Waals surface area contributed by atoms with Crippen LogP contribution in [0.1, 0.15) is 44.1 Å². The molecule has 20 heavy (non-hydrogen) atoms. The number of aliphatic hydroxyl groups excluding tert-OH is 1. The maximum Gasteiger partial charge on any atom is 0.123 e. The predicted molar refractivity (Wildman–Crippen MR) is 81.9 cm³/mol. The van der Waals surface area contributed by atoms with Crippen LogP contribution in [-0.4, -0.2) is 25.4 Å². The molecule has 0 spiro atoms. The molecule has 0 atom stereocenters. The third-order valence-electron chi connectivity index (χ3n) is 4.56. The lowest BCUT2D eigenvalue weighted by atomic mass is 9.72. The number of ether oxygens (including phenoxy) is 1. The quantitative estimate of drug-likeness (QED) is 0.804. The highest BCUT2D eigenvalue weighted by Crippen LogP contribution is 2.38. The molecule has 0 heterocycles. The number of hydrogen-bond acceptors (Lipinski definition) is 3. The third-order valence-corrected chi connectivity index (χ3v) is 4.56. The fourth-order valence-corrected chi connectivity index (χ4v) is 3.37. The van der Waals surface area contributed by atoms with E-state index < -0.39 is 0 Å². The first-order valence-electron chi connectivity index (χ1n) is 7.73. The summed E-state index contributed by atoms with van der Waals surface area (Å²) < 4.78 is 5.38. The highest BCUT2D eigenvalue weighted by Gasteiger charge is 2.30. The van der Waals surface area contributed by atoms with Crippen LogP contribution in [0.4, 0.5) is 0 Å². The van der Waals surface area contributed by atoms with Gasteiger partial charge in [-0.1, -0.05) is 37.5 Å². The molecule has 0 saturated heterocycles. The van der Waals surface area contributed by atoms with E-state index in [0.29, 0.717) is 12.0 Å². The highest BCUT2D eigenvalue weighted by atomic mass is 16.5. The minimum atomic E-state index is 0.301. The average Bonchev–Trinajstić information content (AvgIpc) is 2.49. The minimum absolute atomic E-state index is 0.301. The lowest BCUT2D eigenvalue weighted by molar-refractivity contribution is 0.126. The van der Waals surface area contributed by atoms with E-state index in [1.165, 1.54) is 37.7 Å². The molecule has 3 heteroatoms. The lowest BCUT2D eigenvalue weighted by Crippen LogP contribution is -2.36. The fraction of sp³-hybridized carbons (Fsp3) is 0.647. The molecular formula is C17H27NO2. The first-order chi connectivity index (χ1) is 9.79. The Balaban J connectivity index is 1.89. The smallest absolute Gasteiger partial charge is 0.123 e. The van der Waals surface area contributed by atoms with Crippen molar-refractivity contribution < 1.29 is 9.84 Å². The van der Waals surface area contributed by atoms with Gasteiger partial charge >= 0.3 is 0 Å². The number of methoxy groups -OCH3 is 1. The van der Waals surface area contributed by atoms with Crippen molar-refractivity contribution in [3.05, 3.63) is 29.8 Å². The van der Waals surface area contributed by atoms with Gasteiger partial charge in [0, 0.05) is 25.3 Å². The molecule has 2 N–H and O–H groups in total. The molecule has 1 aromatic rings. The van der Waals surface area contributed by atoms with Crippen molar-refractivity contribution >= 4 is 0 Å². The molecule has 3 nitrogen and oxygen atoms in total. The number of benzene rings is 1. The maximum atomic E-state index is 9.33. The van der Waals surface area contributed by atoms with Crippen molar-refractivity contribution in [3.8, 4) is 5.75 Å². The normalized spacial score (nSPS) is 17.9. The van der Waals surface area contributed by atoms with Crippen LogP contribution in [0.2, 0.25) is 0 Å². The van der Waals surface area contributed by atoms with Gasteiger partial charge in [0.05, 0.1) is 7.11 Å². The Morgan fingerprint density at radius 1 is 1.20 bits per heavy atom. The van der Waals surface area contributed by atoms with E-state index >= 15 is 0 Å². The van der Waals surface area contributed by atoms with Crippen LogP contribution in [-0.2, 0) is 6.54 Å². The topological polar surface area (TPSA) is 41.5 Å². The van der Waals surface area contributed by atoms with Gasteiger partial charge in [-0.25, -0.2) is 0 Å². The zero-order valence-corrected chi connectivity index (χ0v) is 12.5. The van der Waals surface area contributed by atoms with E-state index in [2.05, 4.69) is 11.4 Å². The van der Waals surface area contributed by atoms with Crippen molar-refractivity contribution in [2.75, 3.05) is 20.3 Å². The third kappa shape index (κ3) is 3.97. The zero-order chi connectivity index (χ0) is 14.3. The van der Waals surface area contributed by atoms with Crippen LogP contribution in [0.3, 0.4) is 0 Å². The predicted octanol–water partition coefficient (Wildman–Crippen LogP) is 3.12. The van der Waals surface area contributed by atoms with E-state index in [-0.39, 0.29) is 0 Å². The van der Waals surface area contributed by atoms with Gasteiger partial charge in [-0.3, -0.25) is 0 Å². The summed E-state index contributed by atoms with van der Waals surface area (Å²) in [6, 6.07) is 8.15. The molecule has 0 amide bonds. The van der Waals surface area contributed by atoms with Gasteiger partial charge in [0.2, 0.25) is 0 Å². The van der Waals surface area contributed by atoms with Crippen molar-refractivity contribution in [1.82, 2.24) is 5.32 Å². The van der Waals surface area contributed by atoms with Crippen LogP contribution in [0.25, 0.3) is 0 Å². The van der Waals surface area contributed by atoms with Crippen LogP contribution < -0.4 is 10.1 Å². The first-order valence-corrected chi connectivity index (χ1v) is 7.73. The van der Waals surface area contributed by atoms with E-state index in [0.717, 1.165) is 25.3 Å². The molecule has 1 fully saturated rings. The SMILES string of the molecule is COc1ccccc1CNCC1(CCO)CCCCC1. The number of para-hydroxylation sites is 1. The summed E-state index contributed by atoms with van der Waals surface area (Å²) in [4.78, 5) is 0. The number of nitrogens with one attached hydrogen (secondary N) is 1. The monoisotopic (exact) mass is 277 g/mol. The second kappa shape index (κ2) is 7.65. The zero-order valence-electron chi connectivity index (χ0n) is 12.5. The lowest BCUT2D eigenvalue weighted by Gasteiger charge is -2.37. The van der Waals surface area contributed by atoms with E-state index in [9.17, 15) is 5.11 Å². The molecule has 0 bridgehead atoms. The molecule has 1 aromatic carbocycles. The van der Waals surface area contributed by atoms with E-state index in [1.807, 2.05) is 18.2 Å². The molecule has 0 aliphatic heterocycles. The number of rotatable bonds is 7. The van der Waals surface area contributed by atoms with Crippen LogP contribution in [0.5, 0.6) is 5.75 Å². The van der Waals surface area contributed by atoms with Crippen molar-refractivity contribution in [1.29, 1.82) is 0 Å². The summed E-state index contributed by atoms with van der Waals surface area (Å²) in [5.74, 6) is 0.944. The van der Waals surface area contributed by atoms with E-state index in [1.54, 1.807) is 7.11 Å². The second-order valence-corrected chi connectivity index (χ2v) is 5.95. The van der Waals surface area contributed by atoms with Gasteiger partial charge in [-0.05, 0) is 30.7 Å². The van der Waals surface area contributed by atoms with Gasteiger partial charge in [0.25, 0.3) is 0 Å². The molecule has 0 unspecified atom stereocenters. The van der Waals surface area contributed by atoms with Gasteiger partial charge < -0.3 is 15.2 Å². The Kier molecular flexibility index (Phi) is 5.86. The molecule has 1 aliphatic rings. The summed E-state index contributed by atoms with van der Waals surface area (Å²) in [6.45, 7) is 2.12. The Morgan fingerprint density at radius 3 is 2.65 bits per heavy atom. The standard InChI is InChI=1S/C17H27NO2/c1-20-16-8-4-3-7-15(16)13-18-14-17(11-12-19)9-5-2-6-10-17/h3-4,7-8,18-19H,2,5-6,9-14H2,1H3. The number of hydrogen-bond donors (Lipinski definition) is 2. The van der Waals surface area contributed by atoms with Gasteiger partial charge in [-0.2, -0.15) is 0 Å². The van der Waals surface area contributed by atoms with Crippen LogP contribution in [0.15, 0.2) is 24.3 Å². The van der Waals surface area contributed by atoms with Crippen molar-refractivity contribution in [2.24, 2.45) is 5.41 Å². The minimum Gasteiger partial charge on any atom is -0.496 e. The summed E-state index contributed by atoms with van der Waals surface area (Å²) >= 11 is 0. The Labute approximate surface area is 122 Å². The van der Waals surface area contributed by atoms with Gasteiger partial charge in [0.15, 0.2) is 0 Å². The summed E-state index contributed by atoms with van der Waals surface area (Å²) in [5.41, 5.74) is 1.50. The summed E-state index contributed by atoms with van der Waals surface area (Å²) in [5, 5.41) is 12.9. The maximum absolute atomic E-state index is 9.33. The van der Waals surface area contributed by atoms with Crippen LogP contribution >= 0.6 is 0 Å². The highest BCUT2D eigenvalue weighted by molar-refractivity contribution is 5.32. The Hall–Kier alpha value is -1.06. The van der Waals surface area contributed by atoms with Crippen molar-refractivity contribution in [3.63, 3.8) is 0 Å². The summed E-state index contributed by atoms with van der Waals surface area (Å²) in [6.07, 6.45) is 7.36. The molecule has 1 saturated carbocycles. The molecule has 2 rings (SSSR count). The fourth-order valence-electron chi connectivity index (χ4n) is 3.37. The van der Waals surface area contributed by atoms with Crippen LogP contribution in [0, 0.1) is 5.41 Å². The molecule has 1 aliphatic carbocycles. The van der Waals surface area contributed by atoms with Gasteiger partial charge in [0.1, 0.15) is 5.75 Å². The molecule has 0 radical (unpaired) electrons. The Bertz CT molecular complexity index is 394. The molecule has 0 aromatic heterocycles. The summed E-state index contributed by atoms with van der Waals surface area (Å²) in [7, 11) is 1.72. The van der Waals surface area contributed by atoms with E-state index in [4.69, 9.17) is 4.74 Å². The first kappa shape index (κ1) is 15.3. The Morgan fingerprint density at radius 2 is 1.95 bits per heavy atom. The van der Waals surface area contributed by atoms with Crippen molar-refractivity contribution in [2.45, 2.75) is 45.1 Å². The molecule has 112 valence electrons. The number of aliphatic hydroxyl groups is 1. The average molecular weight is 277 g/mol. The second-order valence-electron chi connectivity index (χ2n) is 5.95.